The van der Waals surface area contributed by atoms with Crippen LogP contribution < -0.4 is 4.72 Å². The molecule has 0 aliphatic carbocycles. The SMILES string of the molecule is CC(C)(C)OC(=O)N1CCCC1CNS(=O)(=O)Cc1ccc(Cl)cc1. The van der Waals surface area contributed by atoms with Crippen molar-refractivity contribution in [1.82, 2.24) is 9.62 Å². The van der Waals surface area contributed by atoms with Gasteiger partial charge in [-0.05, 0) is 51.3 Å². The highest BCUT2D eigenvalue weighted by Crippen LogP contribution is 2.20. The lowest BCUT2D eigenvalue weighted by Gasteiger charge is -2.28. The van der Waals surface area contributed by atoms with E-state index < -0.39 is 21.7 Å². The van der Waals surface area contributed by atoms with Gasteiger partial charge in [-0.15, -0.1) is 0 Å². The molecule has 1 aromatic rings. The Morgan fingerprint density at radius 3 is 2.56 bits per heavy atom. The van der Waals surface area contributed by atoms with Crippen LogP contribution in [0.25, 0.3) is 0 Å². The number of benzene rings is 1. The minimum atomic E-state index is -3.49. The lowest BCUT2D eigenvalue weighted by Crippen LogP contribution is -2.45. The molecule has 0 bridgehead atoms. The molecule has 1 fully saturated rings. The van der Waals surface area contributed by atoms with Crippen LogP contribution in [0.15, 0.2) is 24.3 Å². The quantitative estimate of drug-likeness (QED) is 0.840. The Bertz CT molecular complexity index is 698. The summed E-state index contributed by atoms with van der Waals surface area (Å²) in [6, 6.07) is 6.50. The zero-order chi connectivity index (χ0) is 18.7. The van der Waals surface area contributed by atoms with E-state index in [0.717, 1.165) is 12.8 Å². The third kappa shape index (κ3) is 6.49. The third-order valence-corrected chi connectivity index (χ3v) is 5.39. The molecule has 1 heterocycles. The number of amides is 1. The highest BCUT2D eigenvalue weighted by molar-refractivity contribution is 7.88. The Morgan fingerprint density at radius 2 is 1.96 bits per heavy atom. The van der Waals surface area contributed by atoms with Crippen molar-refractivity contribution in [2.45, 2.75) is 51.0 Å². The van der Waals surface area contributed by atoms with Crippen LogP contribution in [-0.2, 0) is 20.5 Å². The lowest BCUT2D eigenvalue weighted by atomic mass is 10.2. The van der Waals surface area contributed by atoms with E-state index in [4.69, 9.17) is 16.3 Å². The smallest absolute Gasteiger partial charge is 0.410 e. The summed E-state index contributed by atoms with van der Waals surface area (Å²) in [6.07, 6.45) is 1.19. The van der Waals surface area contributed by atoms with Gasteiger partial charge in [0.1, 0.15) is 5.60 Å². The number of rotatable bonds is 5. The molecule has 1 aliphatic heterocycles. The van der Waals surface area contributed by atoms with E-state index in [0.29, 0.717) is 17.1 Å². The molecular formula is C17H25ClN2O4S. The van der Waals surface area contributed by atoms with Gasteiger partial charge in [0, 0.05) is 24.2 Å². The molecule has 1 unspecified atom stereocenters. The Kier molecular flexibility index (Phi) is 6.35. The standard InChI is InChI=1S/C17H25ClN2O4S/c1-17(2,3)24-16(21)20-10-4-5-15(20)11-19-25(22,23)12-13-6-8-14(18)9-7-13/h6-9,15,19H,4-5,10-12H2,1-3H3. The summed E-state index contributed by atoms with van der Waals surface area (Å²) in [4.78, 5) is 13.8. The maximum Gasteiger partial charge on any atom is 0.410 e. The van der Waals surface area contributed by atoms with Crippen molar-refractivity contribution < 1.29 is 17.9 Å². The number of nitrogens with zero attached hydrogens (tertiary/aromatic N) is 1. The number of carbonyl (C=O) groups excluding carboxylic acids is 1. The van der Waals surface area contributed by atoms with Crippen molar-refractivity contribution in [1.29, 1.82) is 0 Å². The van der Waals surface area contributed by atoms with Gasteiger partial charge in [-0.3, -0.25) is 0 Å². The predicted octanol–water partition coefficient (Wildman–Crippen LogP) is 3.16. The predicted molar refractivity (Wildman–Crippen MR) is 98.0 cm³/mol. The summed E-state index contributed by atoms with van der Waals surface area (Å²) in [5.74, 6) is -0.122. The molecular weight excluding hydrogens is 364 g/mol. The highest BCUT2D eigenvalue weighted by atomic mass is 35.5. The van der Waals surface area contributed by atoms with E-state index in [1.165, 1.54) is 0 Å². The summed E-state index contributed by atoms with van der Waals surface area (Å²) in [6.45, 7) is 6.20. The molecule has 1 N–H and O–H groups in total. The topological polar surface area (TPSA) is 75.7 Å². The normalized spacial score (nSPS) is 18.4. The van der Waals surface area contributed by atoms with Gasteiger partial charge >= 0.3 is 6.09 Å². The number of sulfonamides is 1. The van der Waals surface area contributed by atoms with E-state index in [1.54, 1.807) is 29.2 Å². The number of nitrogens with one attached hydrogen (secondary N) is 1. The molecule has 25 heavy (non-hydrogen) atoms. The molecule has 1 aliphatic rings. The van der Waals surface area contributed by atoms with Crippen LogP contribution in [0.5, 0.6) is 0 Å². The Hall–Kier alpha value is -1.31. The second-order valence-electron chi connectivity index (χ2n) is 7.20. The molecule has 1 aromatic carbocycles. The van der Waals surface area contributed by atoms with Crippen LogP contribution in [0.2, 0.25) is 5.02 Å². The van der Waals surface area contributed by atoms with E-state index in [9.17, 15) is 13.2 Å². The molecule has 0 saturated carbocycles. The van der Waals surface area contributed by atoms with Gasteiger partial charge in [0.25, 0.3) is 0 Å². The van der Waals surface area contributed by atoms with E-state index in [1.807, 2.05) is 20.8 Å². The minimum absolute atomic E-state index is 0.122. The maximum atomic E-state index is 12.3. The van der Waals surface area contributed by atoms with Crippen LogP contribution in [0, 0.1) is 0 Å². The van der Waals surface area contributed by atoms with Crippen LogP contribution in [0.3, 0.4) is 0 Å². The molecule has 1 atom stereocenters. The molecule has 8 heteroatoms. The maximum absolute atomic E-state index is 12.3. The number of ether oxygens (including phenoxy) is 1. The summed E-state index contributed by atoms with van der Waals surface area (Å²) in [5, 5.41) is 0.563. The van der Waals surface area contributed by atoms with Crippen molar-refractivity contribution in [2.75, 3.05) is 13.1 Å². The van der Waals surface area contributed by atoms with Gasteiger partial charge in [-0.2, -0.15) is 0 Å². The fourth-order valence-electron chi connectivity index (χ4n) is 2.68. The van der Waals surface area contributed by atoms with E-state index in [2.05, 4.69) is 4.72 Å². The summed E-state index contributed by atoms with van der Waals surface area (Å²) < 4.78 is 32.5. The van der Waals surface area contributed by atoms with Crippen molar-refractivity contribution in [3.8, 4) is 0 Å². The minimum Gasteiger partial charge on any atom is -0.444 e. The van der Waals surface area contributed by atoms with Gasteiger partial charge < -0.3 is 9.64 Å². The summed E-state index contributed by atoms with van der Waals surface area (Å²) >= 11 is 5.81. The molecule has 0 radical (unpaired) electrons. The van der Waals surface area contributed by atoms with Crippen LogP contribution in [0.4, 0.5) is 4.79 Å². The molecule has 0 aromatic heterocycles. The number of likely N-dealkylation sites (tertiary alicyclic amines) is 1. The van der Waals surface area contributed by atoms with E-state index >= 15 is 0 Å². The lowest BCUT2D eigenvalue weighted by molar-refractivity contribution is 0.0229. The molecule has 140 valence electrons. The van der Waals surface area contributed by atoms with E-state index in [-0.39, 0.29) is 18.3 Å². The Balaban J connectivity index is 1.92. The van der Waals surface area contributed by atoms with Crippen LogP contribution >= 0.6 is 11.6 Å². The molecule has 1 amide bonds. The molecule has 0 spiro atoms. The number of hydrogen-bond acceptors (Lipinski definition) is 4. The first-order valence-corrected chi connectivity index (χ1v) is 10.3. The van der Waals surface area contributed by atoms with Crippen LogP contribution in [-0.4, -0.2) is 44.1 Å². The zero-order valence-corrected chi connectivity index (χ0v) is 16.4. The number of carbonyl (C=O) groups is 1. The average molecular weight is 389 g/mol. The number of hydrogen-bond donors (Lipinski definition) is 1. The van der Waals surface area contributed by atoms with Crippen LogP contribution in [0.1, 0.15) is 39.2 Å². The first-order valence-electron chi connectivity index (χ1n) is 8.27. The third-order valence-electron chi connectivity index (χ3n) is 3.81. The fourth-order valence-corrected chi connectivity index (χ4v) is 3.99. The van der Waals surface area contributed by atoms with Gasteiger partial charge in [0.05, 0.1) is 5.75 Å². The first kappa shape index (κ1) is 20.0. The number of halogens is 1. The fraction of sp³-hybridized carbons (Fsp3) is 0.588. The second-order valence-corrected chi connectivity index (χ2v) is 9.45. The second kappa shape index (κ2) is 7.93. The highest BCUT2D eigenvalue weighted by Gasteiger charge is 2.32. The molecule has 2 rings (SSSR count). The first-order chi connectivity index (χ1) is 11.6. The van der Waals surface area contributed by atoms with Crippen molar-refractivity contribution in [2.24, 2.45) is 0 Å². The van der Waals surface area contributed by atoms with Gasteiger partial charge in [-0.25, -0.2) is 17.9 Å². The summed E-state index contributed by atoms with van der Waals surface area (Å²) in [5.41, 5.74) is 0.0884. The largest absolute Gasteiger partial charge is 0.444 e. The zero-order valence-electron chi connectivity index (χ0n) is 14.8. The summed E-state index contributed by atoms with van der Waals surface area (Å²) in [7, 11) is -3.49. The van der Waals surface area contributed by atoms with Crippen molar-refractivity contribution >= 4 is 27.7 Å². The Labute approximate surface area is 154 Å². The average Bonchev–Trinajstić information content (AvgIpc) is 2.94. The van der Waals surface area contributed by atoms with Gasteiger partial charge in [0.15, 0.2) is 0 Å². The Morgan fingerprint density at radius 1 is 1.32 bits per heavy atom. The van der Waals surface area contributed by atoms with Gasteiger partial charge in [-0.1, -0.05) is 23.7 Å². The molecule has 6 nitrogen and oxygen atoms in total. The van der Waals surface area contributed by atoms with Crippen molar-refractivity contribution in [3.05, 3.63) is 34.9 Å². The molecule has 1 saturated heterocycles. The monoisotopic (exact) mass is 388 g/mol. The van der Waals surface area contributed by atoms with Crippen molar-refractivity contribution in [3.63, 3.8) is 0 Å². The van der Waals surface area contributed by atoms with Gasteiger partial charge in [0.2, 0.25) is 10.0 Å².